The molecule has 3 nitrogen and oxygen atoms in total. The number of hydrogen-bond donors (Lipinski definition) is 1. The van der Waals surface area contributed by atoms with E-state index in [9.17, 15) is 4.79 Å². The van der Waals surface area contributed by atoms with E-state index in [4.69, 9.17) is 4.74 Å². The largest absolute Gasteiger partial charge is 0.465 e. The predicted molar refractivity (Wildman–Crippen MR) is 60.7 cm³/mol. The Bertz CT molecular complexity index is 202. The third-order valence-corrected chi connectivity index (χ3v) is 2.85. The van der Waals surface area contributed by atoms with Crippen molar-refractivity contribution in [2.24, 2.45) is 5.92 Å². The standard InChI is InChI=1S/C12H23NO2/c1-4-6-9(3)11(12(14)15-5-2)13-10-7-8-10/h9-11,13H,4-8H2,1-3H3. The Hall–Kier alpha value is -0.570. The highest BCUT2D eigenvalue weighted by atomic mass is 16.5. The predicted octanol–water partition coefficient (Wildman–Crippen LogP) is 2.11. The smallest absolute Gasteiger partial charge is 0.323 e. The molecule has 0 heterocycles. The van der Waals surface area contributed by atoms with Crippen LogP contribution in [0.5, 0.6) is 0 Å². The van der Waals surface area contributed by atoms with E-state index >= 15 is 0 Å². The minimum absolute atomic E-state index is 0.0784. The molecule has 88 valence electrons. The fourth-order valence-corrected chi connectivity index (χ4v) is 1.82. The SMILES string of the molecule is CCCC(C)C(NC1CC1)C(=O)OCC. The van der Waals surface area contributed by atoms with Gasteiger partial charge in [-0.15, -0.1) is 0 Å². The van der Waals surface area contributed by atoms with Crippen molar-refractivity contribution in [3.8, 4) is 0 Å². The Balaban J connectivity index is 2.45. The van der Waals surface area contributed by atoms with E-state index in [1.807, 2.05) is 6.92 Å². The molecule has 0 radical (unpaired) electrons. The summed E-state index contributed by atoms with van der Waals surface area (Å²) in [4.78, 5) is 11.7. The molecule has 0 amide bonds. The van der Waals surface area contributed by atoms with Gasteiger partial charge in [-0.2, -0.15) is 0 Å². The molecule has 0 spiro atoms. The molecular weight excluding hydrogens is 190 g/mol. The third kappa shape index (κ3) is 4.20. The number of carbonyl (C=O) groups is 1. The molecule has 0 aromatic heterocycles. The van der Waals surface area contributed by atoms with Crippen molar-refractivity contribution in [2.75, 3.05) is 6.61 Å². The molecular formula is C12H23NO2. The first-order valence-corrected chi connectivity index (χ1v) is 6.11. The summed E-state index contributed by atoms with van der Waals surface area (Å²) in [6, 6.07) is 0.455. The third-order valence-electron chi connectivity index (χ3n) is 2.85. The zero-order valence-electron chi connectivity index (χ0n) is 10.1. The molecule has 0 saturated heterocycles. The summed E-state index contributed by atoms with van der Waals surface area (Å²) in [5.74, 6) is 0.292. The zero-order chi connectivity index (χ0) is 11.3. The van der Waals surface area contributed by atoms with Crippen LogP contribution in [0.25, 0.3) is 0 Å². The van der Waals surface area contributed by atoms with E-state index in [0.29, 0.717) is 18.6 Å². The van der Waals surface area contributed by atoms with Crippen LogP contribution >= 0.6 is 0 Å². The van der Waals surface area contributed by atoms with Gasteiger partial charge in [-0.3, -0.25) is 4.79 Å². The maximum Gasteiger partial charge on any atom is 0.323 e. The van der Waals surface area contributed by atoms with Crippen LogP contribution in [0.15, 0.2) is 0 Å². The maximum atomic E-state index is 11.7. The van der Waals surface area contributed by atoms with Crippen LogP contribution in [0.4, 0.5) is 0 Å². The van der Waals surface area contributed by atoms with Gasteiger partial charge in [0.15, 0.2) is 0 Å². The van der Waals surface area contributed by atoms with Gasteiger partial charge in [0.1, 0.15) is 6.04 Å². The van der Waals surface area contributed by atoms with Gasteiger partial charge < -0.3 is 10.1 Å². The number of rotatable bonds is 7. The van der Waals surface area contributed by atoms with E-state index in [1.165, 1.54) is 12.8 Å². The highest BCUT2D eigenvalue weighted by molar-refractivity contribution is 5.76. The second kappa shape index (κ2) is 6.11. The Morgan fingerprint density at radius 2 is 2.13 bits per heavy atom. The van der Waals surface area contributed by atoms with E-state index in [1.54, 1.807) is 0 Å². The van der Waals surface area contributed by atoms with Crippen LogP contribution in [0.2, 0.25) is 0 Å². The summed E-state index contributed by atoms with van der Waals surface area (Å²) in [5.41, 5.74) is 0. The summed E-state index contributed by atoms with van der Waals surface area (Å²) in [7, 11) is 0. The van der Waals surface area contributed by atoms with Crippen molar-refractivity contribution in [3.63, 3.8) is 0 Å². The molecule has 1 saturated carbocycles. The van der Waals surface area contributed by atoms with E-state index in [2.05, 4.69) is 19.2 Å². The normalized spacial score (nSPS) is 19.7. The van der Waals surface area contributed by atoms with Gasteiger partial charge in [0.2, 0.25) is 0 Å². The number of carbonyl (C=O) groups excluding carboxylic acids is 1. The van der Waals surface area contributed by atoms with Gasteiger partial charge >= 0.3 is 5.97 Å². The molecule has 1 fully saturated rings. The molecule has 15 heavy (non-hydrogen) atoms. The fourth-order valence-electron chi connectivity index (χ4n) is 1.82. The quantitative estimate of drug-likeness (QED) is 0.658. The minimum Gasteiger partial charge on any atom is -0.465 e. The molecule has 0 bridgehead atoms. The van der Waals surface area contributed by atoms with Crippen LogP contribution in [-0.4, -0.2) is 24.7 Å². The second-order valence-electron chi connectivity index (χ2n) is 4.44. The number of esters is 1. The lowest BCUT2D eigenvalue weighted by atomic mass is 9.97. The molecule has 0 aliphatic heterocycles. The van der Waals surface area contributed by atoms with Crippen molar-refractivity contribution in [2.45, 2.75) is 58.5 Å². The van der Waals surface area contributed by atoms with Crippen molar-refractivity contribution in [1.29, 1.82) is 0 Å². The van der Waals surface area contributed by atoms with Crippen LogP contribution in [-0.2, 0) is 9.53 Å². The Kier molecular flexibility index (Phi) is 5.09. The number of hydrogen-bond acceptors (Lipinski definition) is 3. The second-order valence-corrected chi connectivity index (χ2v) is 4.44. The van der Waals surface area contributed by atoms with Crippen LogP contribution in [0, 0.1) is 5.92 Å². The molecule has 2 unspecified atom stereocenters. The highest BCUT2D eigenvalue weighted by Gasteiger charge is 2.32. The topological polar surface area (TPSA) is 38.3 Å². The van der Waals surface area contributed by atoms with Gasteiger partial charge in [-0.25, -0.2) is 0 Å². The molecule has 1 N–H and O–H groups in total. The first-order valence-electron chi connectivity index (χ1n) is 6.11. The van der Waals surface area contributed by atoms with Gasteiger partial charge in [-0.1, -0.05) is 20.3 Å². The average Bonchev–Trinajstić information content (AvgIpc) is 2.98. The minimum atomic E-state index is -0.0996. The lowest BCUT2D eigenvalue weighted by Crippen LogP contribution is -2.44. The molecule has 1 aliphatic carbocycles. The van der Waals surface area contributed by atoms with E-state index in [-0.39, 0.29) is 12.0 Å². The summed E-state index contributed by atoms with van der Waals surface area (Å²) in [6.45, 7) is 6.60. The molecule has 1 rings (SSSR count). The van der Waals surface area contributed by atoms with Gasteiger partial charge in [0.05, 0.1) is 6.61 Å². The van der Waals surface area contributed by atoms with Crippen LogP contribution < -0.4 is 5.32 Å². The highest BCUT2D eigenvalue weighted by Crippen LogP contribution is 2.22. The van der Waals surface area contributed by atoms with Crippen LogP contribution in [0.3, 0.4) is 0 Å². The van der Waals surface area contributed by atoms with E-state index < -0.39 is 0 Å². The summed E-state index contributed by atoms with van der Waals surface area (Å²) < 4.78 is 5.10. The summed E-state index contributed by atoms with van der Waals surface area (Å²) in [6.07, 6.45) is 4.59. The van der Waals surface area contributed by atoms with Gasteiger partial charge in [0.25, 0.3) is 0 Å². The van der Waals surface area contributed by atoms with Crippen molar-refractivity contribution in [3.05, 3.63) is 0 Å². The fraction of sp³-hybridized carbons (Fsp3) is 0.917. The van der Waals surface area contributed by atoms with Crippen molar-refractivity contribution >= 4 is 5.97 Å². The van der Waals surface area contributed by atoms with Crippen molar-refractivity contribution < 1.29 is 9.53 Å². The number of nitrogens with one attached hydrogen (secondary N) is 1. The first kappa shape index (κ1) is 12.5. The number of ether oxygens (including phenoxy) is 1. The van der Waals surface area contributed by atoms with Gasteiger partial charge in [0, 0.05) is 6.04 Å². The lowest BCUT2D eigenvalue weighted by molar-refractivity contribution is -0.147. The maximum absolute atomic E-state index is 11.7. The molecule has 0 aromatic rings. The van der Waals surface area contributed by atoms with Crippen LogP contribution in [0.1, 0.15) is 46.5 Å². The molecule has 2 atom stereocenters. The summed E-state index contributed by atoms with van der Waals surface area (Å²) in [5, 5.41) is 3.39. The lowest BCUT2D eigenvalue weighted by Gasteiger charge is -2.23. The average molecular weight is 213 g/mol. The van der Waals surface area contributed by atoms with Crippen molar-refractivity contribution in [1.82, 2.24) is 5.32 Å². The Morgan fingerprint density at radius 3 is 2.60 bits per heavy atom. The Morgan fingerprint density at radius 1 is 1.47 bits per heavy atom. The monoisotopic (exact) mass is 213 g/mol. The Labute approximate surface area is 92.6 Å². The van der Waals surface area contributed by atoms with E-state index in [0.717, 1.165) is 12.8 Å². The first-order chi connectivity index (χ1) is 7.19. The zero-order valence-corrected chi connectivity index (χ0v) is 10.1. The van der Waals surface area contributed by atoms with Gasteiger partial charge in [-0.05, 0) is 32.1 Å². The summed E-state index contributed by atoms with van der Waals surface area (Å²) >= 11 is 0. The molecule has 0 aromatic carbocycles. The molecule has 3 heteroatoms. The molecule has 1 aliphatic rings.